The van der Waals surface area contributed by atoms with Crippen molar-refractivity contribution in [2.45, 2.75) is 26.7 Å². The molecule has 1 heterocycles. The van der Waals surface area contributed by atoms with Crippen molar-refractivity contribution >= 4 is 35.8 Å². The summed E-state index contributed by atoms with van der Waals surface area (Å²) in [7, 11) is 1.74. The Labute approximate surface area is 145 Å². The van der Waals surface area contributed by atoms with Gasteiger partial charge in [-0.15, -0.1) is 24.0 Å². The number of carbonyl (C=O) groups excluding carboxylic acids is 1. The van der Waals surface area contributed by atoms with Crippen molar-refractivity contribution in [1.82, 2.24) is 15.5 Å². The Hall–Kier alpha value is -0.570. The third-order valence-electron chi connectivity index (χ3n) is 3.27. The predicted octanol–water partition coefficient (Wildman–Crippen LogP) is 1.06. The average Bonchev–Trinajstić information content (AvgIpc) is 2.90. The molecule has 0 aromatic carbocycles. The number of rotatable bonds is 7. The van der Waals surface area contributed by atoms with Gasteiger partial charge in [-0.1, -0.05) is 6.92 Å². The maximum absolute atomic E-state index is 11.6. The Morgan fingerprint density at radius 3 is 2.76 bits per heavy atom. The summed E-state index contributed by atoms with van der Waals surface area (Å²) in [4.78, 5) is 18.2. The van der Waals surface area contributed by atoms with Gasteiger partial charge in [0.2, 0.25) is 5.91 Å². The summed E-state index contributed by atoms with van der Waals surface area (Å²) in [5, 5.41) is 6.09. The molecule has 1 aliphatic rings. The summed E-state index contributed by atoms with van der Waals surface area (Å²) >= 11 is 0. The highest BCUT2D eigenvalue weighted by Crippen LogP contribution is 2.16. The summed E-state index contributed by atoms with van der Waals surface area (Å²) in [5.74, 6) is 1.37. The van der Waals surface area contributed by atoms with Crippen molar-refractivity contribution in [2.75, 3.05) is 46.4 Å². The van der Waals surface area contributed by atoms with E-state index in [0.717, 1.165) is 45.0 Å². The van der Waals surface area contributed by atoms with E-state index < -0.39 is 0 Å². The largest absolute Gasteiger partial charge is 0.384 e. The molecule has 1 saturated heterocycles. The average molecular weight is 412 g/mol. The number of guanidine groups is 1. The quantitative estimate of drug-likeness (QED) is 0.373. The Morgan fingerprint density at radius 1 is 1.38 bits per heavy atom. The van der Waals surface area contributed by atoms with E-state index in [0.29, 0.717) is 12.5 Å². The Kier molecular flexibility index (Phi) is 11.7. The maximum atomic E-state index is 11.6. The van der Waals surface area contributed by atoms with Gasteiger partial charge in [0.25, 0.3) is 0 Å². The molecule has 21 heavy (non-hydrogen) atoms. The number of ether oxygens (including phenoxy) is 1. The van der Waals surface area contributed by atoms with Crippen molar-refractivity contribution < 1.29 is 9.53 Å². The number of methoxy groups -OCH3 is 1. The molecule has 0 aromatic heterocycles. The predicted molar refractivity (Wildman–Crippen MR) is 96.3 cm³/mol. The van der Waals surface area contributed by atoms with Gasteiger partial charge < -0.3 is 20.3 Å². The van der Waals surface area contributed by atoms with Crippen molar-refractivity contribution in [3.05, 3.63) is 0 Å². The van der Waals surface area contributed by atoms with Gasteiger partial charge in [0, 0.05) is 39.2 Å². The fourth-order valence-electron chi connectivity index (χ4n) is 2.29. The number of halogens is 1. The first kappa shape index (κ1) is 20.4. The summed E-state index contributed by atoms with van der Waals surface area (Å²) in [5.41, 5.74) is 0. The molecule has 0 spiro atoms. The van der Waals surface area contributed by atoms with E-state index in [1.165, 1.54) is 0 Å². The molecule has 1 atom stereocenters. The molecule has 1 aliphatic heterocycles. The highest BCUT2D eigenvalue weighted by atomic mass is 127. The zero-order valence-electron chi connectivity index (χ0n) is 13.4. The number of amides is 1. The van der Waals surface area contributed by atoms with Gasteiger partial charge in [-0.05, 0) is 19.8 Å². The highest BCUT2D eigenvalue weighted by molar-refractivity contribution is 14.0. The number of nitrogens with zero attached hydrogens (tertiary/aromatic N) is 2. The van der Waals surface area contributed by atoms with Crippen molar-refractivity contribution in [1.29, 1.82) is 0 Å². The third kappa shape index (κ3) is 7.85. The molecular weight excluding hydrogens is 383 g/mol. The van der Waals surface area contributed by atoms with E-state index >= 15 is 0 Å². The number of likely N-dealkylation sites (tertiary alicyclic amines) is 1. The second-order valence-corrected chi connectivity index (χ2v) is 5.08. The number of aliphatic imine (C=N–C) groups is 1. The van der Waals surface area contributed by atoms with Crippen molar-refractivity contribution in [3.8, 4) is 0 Å². The Balaban J connectivity index is 0.00000400. The van der Waals surface area contributed by atoms with Crippen molar-refractivity contribution in [2.24, 2.45) is 10.9 Å². The third-order valence-corrected chi connectivity index (χ3v) is 3.27. The maximum Gasteiger partial charge on any atom is 0.241 e. The van der Waals surface area contributed by atoms with Crippen LogP contribution in [0.4, 0.5) is 0 Å². The van der Waals surface area contributed by atoms with Gasteiger partial charge in [-0.2, -0.15) is 0 Å². The van der Waals surface area contributed by atoms with Gasteiger partial charge in [0.15, 0.2) is 5.96 Å². The normalized spacial score (nSPS) is 18.3. The summed E-state index contributed by atoms with van der Waals surface area (Å²) in [6, 6.07) is 0. The second-order valence-electron chi connectivity index (χ2n) is 5.08. The molecular formula is C14H29IN4O2. The van der Waals surface area contributed by atoms with E-state index in [1.807, 2.05) is 13.8 Å². The van der Waals surface area contributed by atoms with Crippen LogP contribution in [-0.2, 0) is 9.53 Å². The number of nitrogens with one attached hydrogen (secondary N) is 2. The van der Waals surface area contributed by atoms with E-state index in [4.69, 9.17) is 4.74 Å². The Morgan fingerprint density at radius 2 is 2.14 bits per heavy atom. The minimum atomic E-state index is -0.0186. The van der Waals surface area contributed by atoms with E-state index in [9.17, 15) is 4.79 Å². The minimum absolute atomic E-state index is 0. The van der Waals surface area contributed by atoms with Crippen LogP contribution < -0.4 is 10.6 Å². The van der Waals surface area contributed by atoms with Gasteiger partial charge in [0.05, 0.1) is 6.61 Å². The molecule has 6 nitrogen and oxygen atoms in total. The van der Waals surface area contributed by atoms with E-state index in [-0.39, 0.29) is 36.4 Å². The summed E-state index contributed by atoms with van der Waals surface area (Å²) in [6.07, 6.45) is 2.06. The van der Waals surface area contributed by atoms with Gasteiger partial charge >= 0.3 is 0 Å². The minimum Gasteiger partial charge on any atom is -0.384 e. The zero-order chi connectivity index (χ0) is 14.8. The molecule has 7 heteroatoms. The van der Waals surface area contributed by atoms with Gasteiger partial charge in [0.1, 0.15) is 6.54 Å². The molecule has 124 valence electrons. The zero-order valence-corrected chi connectivity index (χ0v) is 15.7. The molecule has 2 N–H and O–H groups in total. The number of hydrogen-bond acceptors (Lipinski definition) is 3. The SMILES string of the molecule is CCCNC(=O)CN=C(NCC)N1CCC(COC)C1.I. The van der Waals surface area contributed by atoms with Crippen LogP contribution in [0.1, 0.15) is 26.7 Å². The first-order valence-corrected chi connectivity index (χ1v) is 7.50. The lowest BCUT2D eigenvalue weighted by Gasteiger charge is -2.21. The molecule has 1 unspecified atom stereocenters. The molecule has 0 aromatic rings. The van der Waals surface area contributed by atoms with Crippen LogP contribution in [0, 0.1) is 5.92 Å². The molecule has 0 saturated carbocycles. The molecule has 0 radical (unpaired) electrons. The topological polar surface area (TPSA) is 66.0 Å². The smallest absolute Gasteiger partial charge is 0.241 e. The molecule has 1 fully saturated rings. The highest BCUT2D eigenvalue weighted by Gasteiger charge is 2.24. The van der Waals surface area contributed by atoms with Crippen molar-refractivity contribution in [3.63, 3.8) is 0 Å². The summed E-state index contributed by atoms with van der Waals surface area (Å²) < 4.78 is 5.21. The molecule has 0 aliphatic carbocycles. The van der Waals surface area contributed by atoms with E-state index in [2.05, 4.69) is 20.5 Å². The van der Waals surface area contributed by atoms with Gasteiger partial charge in [-0.3, -0.25) is 4.79 Å². The number of carbonyl (C=O) groups is 1. The lowest BCUT2D eigenvalue weighted by molar-refractivity contribution is -0.119. The monoisotopic (exact) mass is 412 g/mol. The lowest BCUT2D eigenvalue weighted by Crippen LogP contribution is -2.41. The van der Waals surface area contributed by atoms with Crippen LogP contribution in [0.15, 0.2) is 4.99 Å². The molecule has 1 amide bonds. The Bertz CT molecular complexity index is 326. The van der Waals surface area contributed by atoms with Crippen LogP contribution in [-0.4, -0.2) is 63.2 Å². The lowest BCUT2D eigenvalue weighted by atomic mass is 10.1. The molecule has 1 rings (SSSR count). The fourth-order valence-corrected chi connectivity index (χ4v) is 2.29. The van der Waals surface area contributed by atoms with Crippen LogP contribution in [0.2, 0.25) is 0 Å². The fraction of sp³-hybridized carbons (Fsp3) is 0.857. The molecule has 0 bridgehead atoms. The number of hydrogen-bond donors (Lipinski definition) is 2. The van der Waals surface area contributed by atoms with E-state index in [1.54, 1.807) is 7.11 Å². The van der Waals surface area contributed by atoms with Crippen LogP contribution in [0.3, 0.4) is 0 Å². The van der Waals surface area contributed by atoms with Gasteiger partial charge in [-0.25, -0.2) is 4.99 Å². The van der Waals surface area contributed by atoms with Crippen LogP contribution in [0.5, 0.6) is 0 Å². The van der Waals surface area contributed by atoms with Crippen LogP contribution in [0.25, 0.3) is 0 Å². The first-order valence-electron chi connectivity index (χ1n) is 7.50. The standard InChI is InChI=1S/C14H28N4O2.HI/c1-4-7-16-13(19)9-17-14(15-5-2)18-8-6-12(10-18)11-20-3;/h12H,4-11H2,1-3H3,(H,15,17)(H,16,19);1H. The second kappa shape index (κ2) is 12.0. The van der Waals surface area contributed by atoms with Crippen LogP contribution >= 0.6 is 24.0 Å². The summed E-state index contributed by atoms with van der Waals surface area (Å²) in [6.45, 7) is 8.47. The first-order chi connectivity index (χ1) is 9.71.